The summed E-state index contributed by atoms with van der Waals surface area (Å²) in [6.07, 6.45) is 1.55. The van der Waals surface area contributed by atoms with Gasteiger partial charge in [0.1, 0.15) is 6.10 Å². The number of benzene rings is 1. The van der Waals surface area contributed by atoms with Gasteiger partial charge in [-0.15, -0.1) is 0 Å². The molecular formula is C13H16BrNO2. The van der Waals surface area contributed by atoms with Crippen LogP contribution in [0, 0.1) is 0 Å². The number of hydrogen-bond donors (Lipinski definition) is 1. The van der Waals surface area contributed by atoms with E-state index in [-0.39, 0.29) is 18.1 Å². The van der Waals surface area contributed by atoms with E-state index in [1.165, 1.54) is 0 Å². The van der Waals surface area contributed by atoms with Gasteiger partial charge in [0.05, 0.1) is 6.04 Å². The Hall–Kier alpha value is -0.870. The number of ether oxygens (including phenoxy) is 1. The molecule has 1 fully saturated rings. The lowest BCUT2D eigenvalue weighted by atomic mass is 10.1. The molecule has 0 aromatic heterocycles. The molecule has 3 nitrogen and oxygen atoms in total. The summed E-state index contributed by atoms with van der Waals surface area (Å²) in [6, 6.07) is 7.98. The molecule has 0 aliphatic carbocycles. The molecule has 1 unspecified atom stereocenters. The van der Waals surface area contributed by atoms with E-state index < -0.39 is 0 Å². The summed E-state index contributed by atoms with van der Waals surface area (Å²) in [4.78, 5) is 11.9. The van der Waals surface area contributed by atoms with E-state index in [1.807, 2.05) is 31.2 Å². The molecule has 2 atom stereocenters. The maximum Gasteiger partial charge on any atom is 0.249 e. The number of halogens is 1. The highest BCUT2D eigenvalue weighted by atomic mass is 79.9. The third kappa shape index (κ3) is 3.30. The van der Waals surface area contributed by atoms with Gasteiger partial charge < -0.3 is 10.1 Å². The standard InChI is InChI=1S/C13H16BrNO2/c1-9(10-4-6-11(14)7-5-10)15-13(16)12-3-2-8-17-12/h4-7,9,12H,2-3,8H2,1H3,(H,15,16)/t9?,12-/m1/s1. The lowest BCUT2D eigenvalue weighted by Crippen LogP contribution is -2.35. The van der Waals surface area contributed by atoms with Crippen molar-refractivity contribution in [2.45, 2.75) is 31.9 Å². The molecule has 4 heteroatoms. The molecule has 1 saturated heterocycles. The van der Waals surface area contributed by atoms with Crippen molar-refractivity contribution >= 4 is 21.8 Å². The molecule has 0 spiro atoms. The number of amides is 1. The first-order valence-electron chi connectivity index (χ1n) is 5.84. The topological polar surface area (TPSA) is 38.3 Å². The minimum atomic E-state index is -0.257. The van der Waals surface area contributed by atoms with E-state index in [9.17, 15) is 4.79 Å². The van der Waals surface area contributed by atoms with Crippen LogP contribution in [0.25, 0.3) is 0 Å². The number of rotatable bonds is 3. The Balaban J connectivity index is 1.93. The fourth-order valence-corrected chi connectivity index (χ4v) is 2.19. The molecule has 1 aromatic rings. The molecule has 1 N–H and O–H groups in total. The van der Waals surface area contributed by atoms with E-state index in [0.29, 0.717) is 6.61 Å². The average molecular weight is 298 g/mol. The zero-order valence-electron chi connectivity index (χ0n) is 9.78. The van der Waals surface area contributed by atoms with Crippen LogP contribution < -0.4 is 5.32 Å². The van der Waals surface area contributed by atoms with Gasteiger partial charge in [-0.2, -0.15) is 0 Å². The molecule has 2 rings (SSSR count). The van der Waals surface area contributed by atoms with Crippen LogP contribution in [0.4, 0.5) is 0 Å². The average Bonchev–Trinajstić information content (AvgIpc) is 2.83. The summed E-state index contributed by atoms with van der Waals surface area (Å²) in [7, 11) is 0. The molecule has 1 aromatic carbocycles. The number of carbonyl (C=O) groups is 1. The molecule has 17 heavy (non-hydrogen) atoms. The Labute approximate surface area is 110 Å². The largest absolute Gasteiger partial charge is 0.368 e. The lowest BCUT2D eigenvalue weighted by molar-refractivity contribution is -0.130. The maximum absolute atomic E-state index is 11.9. The highest BCUT2D eigenvalue weighted by molar-refractivity contribution is 9.10. The summed E-state index contributed by atoms with van der Waals surface area (Å²) in [6.45, 7) is 2.68. The molecule has 1 amide bonds. The Bertz CT molecular complexity index is 385. The van der Waals surface area contributed by atoms with E-state index in [2.05, 4.69) is 21.2 Å². The predicted molar refractivity (Wildman–Crippen MR) is 69.7 cm³/mol. The van der Waals surface area contributed by atoms with Crippen molar-refractivity contribution in [3.05, 3.63) is 34.3 Å². The van der Waals surface area contributed by atoms with E-state index in [4.69, 9.17) is 4.74 Å². The molecule has 1 aliphatic rings. The van der Waals surface area contributed by atoms with Crippen LogP contribution in [-0.4, -0.2) is 18.6 Å². The molecule has 1 heterocycles. The van der Waals surface area contributed by atoms with Gasteiger partial charge in [-0.05, 0) is 37.5 Å². The second-order valence-electron chi connectivity index (χ2n) is 4.28. The van der Waals surface area contributed by atoms with Crippen LogP contribution in [0.15, 0.2) is 28.7 Å². The van der Waals surface area contributed by atoms with Crippen LogP contribution in [0.2, 0.25) is 0 Å². The molecule has 0 bridgehead atoms. The van der Waals surface area contributed by atoms with Gasteiger partial charge in [0, 0.05) is 11.1 Å². The van der Waals surface area contributed by atoms with Crippen molar-refractivity contribution in [3.8, 4) is 0 Å². The van der Waals surface area contributed by atoms with E-state index >= 15 is 0 Å². The third-order valence-electron chi connectivity index (χ3n) is 2.95. The zero-order valence-corrected chi connectivity index (χ0v) is 11.4. The van der Waals surface area contributed by atoms with Crippen LogP contribution in [0.1, 0.15) is 31.4 Å². The van der Waals surface area contributed by atoms with Crippen molar-refractivity contribution in [1.82, 2.24) is 5.32 Å². The molecular weight excluding hydrogens is 282 g/mol. The second-order valence-corrected chi connectivity index (χ2v) is 5.20. The summed E-state index contributed by atoms with van der Waals surface area (Å²) in [5.74, 6) is -0.00193. The van der Waals surface area contributed by atoms with Gasteiger partial charge in [0.25, 0.3) is 0 Å². The maximum atomic E-state index is 11.9. The summed E-state index contributed by atoms with van der Waals surface area (Å²) in [5.41, 5.74) is 1.10. The fourth-order valence-electron chi connectivity index (χ4n) is 1.93. The van der Waals surface area contributed by atoms with Gasteiger partial charge in [-0.25, -0.2) is 0 Å². The molecule has 0 saturated carbocycles. The quantitative estimate of drug-likeness (QED) is 0.932. The van der Waals surface area contributed by atoms with Gasteiger partial charge in [-0.1, -0.05) is 28.1 Å². The smallest absolute Gasteiger partial charge is 0.249 e. The van der Waals surface area contributed by atoms with Gasteiger partial charge in [-0.3, -0.25) is 4.79 Å². The Morgan fingerprint density at radius 2 is 2.18 bits per heavy atom. The Morgan fingerprint density at radius 1 is 1.47 bits per heavy atom. The van der Waals surface area contributed by atoms with Crippen molar-refractivity contribution in [3.63, 3.8) is 0 Å². The van der Waals surface area contributed by atoms with E-state index in [1.54, 1.807) is 0 Å². The van der Waals surface area contributed by atoms with Crippen molar-refractivity contribution in [2.75, 3.05) is 6.61 Å². The fraction of sp³-hybridized carbons (Fsp3) is 0.462. The van der Waals surface area contributed by atoms with Crippen LogP contribution in [-0.2, 0) is 9.53 Å². The van der Waals surface area contributed by atoms with Gasteiger partial charge in [0.15, 0.2) is 0 Å². The predicted octanol–water partition coefficient (Wildman–Crippen LogP) is 2.81. The molecule has 1 aliphatic heterocycles. The molecule has 0 radical (unpaired) electrons. The zero-order chi connectivity index (χ0) is 12.3. The number of nitrogens with one attached hydrogen (secondary N) is 1. The SMILES string of the molecule is CC(NC(=O)[C@H]1CCCO1)c1ccc(Br)cc1. The van der Waals surface area contributed by atoms with Gasteiger partial charge >= 0.3 is 0 Å². The highest BCUT2D eigenvalue weighted by Crippen LogP contribution is 2.18. The summed E-state index contributed by atoms with van der Waals surface area (Å²) >= 11 is 3.39. The van der Waals surface area contributed by atoms with Crippen LogP contribution >= 0.6 is 15.9 Å². The van der Waals surface area contributed by atoms with E-state index in [0.717, 1.165) is 22.9 Å². The van der Waals surface area contributed by atoms with Crippen molar-refractivity contribution in [2.24, 2.45) is 0 Å². The normalized spacial score (nSPS) is 21.2. The van der Waals surface area contributed by atoms with Crippen molar-refractivity contribution < 1.29 is 9.53 Å². The number of hydrogen-bond acceptors (Lipinski definition) is 2. The highest BCUT2D eigenvalue weighted by Gasteiger charge is 2.24. The first-order valence-corrected chi connectivity index (χ1v) is 6.63. The van der Waals surface area contributed by atoms with Crippen molar-refractivity contribution in [1.29, 1.82) is 0 Å². The summed E-state index contributed by atoms with van der Waals surface area (Å²) in [5, 5.41) is 2.98. The minimum absolute atomic E-state index is 0.00193. The lowest BCUT2D eigenvalue weighted by Gasteiger charge is -2.17. The first-order chi connectivity index (χ1) is 8.16. The van der Waals surface area contributed by atoms with Crippen LogP contribution in [0.3, 0.4) is 0 Å². The second kappa shape index (κ2) is 5.65. The van der Waals surface area contributed by atoms with Crippen LogP contribution in [0.5, 0.6) is 0 Å². The Kier molecular flexibility index (Phi) is 4.18. The summed E-state index contributed by atoms with van der Waals surface area (Å²) < 4.78 is 6.39. The molecule has 92 valence electrons. The third-order valence-corrected chi connectivity index (χ3v) is 3.48. The minimum Gasteiger partial charge on any atom is -0.368 e. The Morgan fingerprint density at radius 3 is 2.76 bits per heavy atom. The monoisotopic (exact) mass is 297 g/mol. The van der Waals surface area contributed by atoms with Gasteiger partial charge in [0.2, 0.25) is 5.91 Å². The first kappa shape index (κ1) is 12.6. The number of carbonyl (C=O) groups excluding carboxylic acids is 1.